The Morgan fingerprint density at radius 1 is 1.14 bits per heavy atom. The number of piperidine rings is 1. The van der Waals surface area contributed by atoms with Crippen LogP contribution in [0.3, 0.4) is 0 Å². The van der Waals surface area contributed by atoms with Crippen molar-refractivity contribution in [3.63, 3.8) is 0 Å². The van der Waals surface area contributed by atoms with E-state index in [9.17, 15) is 4.79 Å². The number of fused-ring (bicyclic) bond motifs is 1. The number of benzene rings is 1. The SMILES string of the molecule is COc1ccc(CN2CCC(CNC(=O)C3CC4CCCCC4N3)CC2)cc1. The van der Waals surface area contributed by atoms with Crippen LogP contribution in [0, 0.1) is 11.8 Å². The van der Waals surface area contributed by atoms with E-state index in [1.807, 2.05) is 12.1 Å². The molecule has 3 fully saturated rings. The molecule has 1 amide bonds. The first-order valence-corrected chi connectivity index (χ1v) is 11.1. The molecule has 0 radical (unpaired) electrons. The minimum absolute atomic E-state index is 0.0447. The molecule has 0 bridgehead atoms. The zero-order valence-electron chi connectivity index (χ0n) is 17.2. The van der Waals surface area contributed by atoms with Crippen LogP contribution in [0.4, 0.5) is 0 Å². The van der Waals surface area contributed by atoms with Crippen molar-refractivity contribution >= 4 is 5.91 Å². The smallest absolute Gasteiger partial charge is 0.237 e. The van der Waals surface area contributed by atoms with Gasteiger partial charge >= 0.3 is 0 Å². The molecule has 2 saturated heterocycles. The quantitative estimate of drug-likeness (QED) is 0.791. The Hall–Kier alpha value is -1.59. The van der Waals surface area contributed by atoms with Gasteiger partial charge in [0.1, 0.15) is 5.75 Å². The second kappa shape index (κ2) is 9.27. The molecule has 1 aromatic rings. The molecule has 3 unspecified atom stereocenters. The molecule has 1 saturated carbocycles. The van der Waals surface area contributed by atoms with E-state index in [4.69, 9.17) is 4.74 Å². The maximum absolute atomic E-state index is 12.6. The molecule has 2 N–H and O–H groups in total. The second-order valence-electron chi connectivity index (χ2n) is 8.92. The van der Waals surface area contributed by atoms with Gasteiger partial charge in [0, 0.05) is 19.1 Å². The van der Waals surface area contributed by atoms with Gasteiger partial charge in [-0.05, 0) is 74.7 Å². The number of amides is 1. The molecule has 2 aliphatic heterocycles. The molecule has 1 aromatic carbocycles. The molecule has 3 aliphatic rings. The van der Waals surface area contributed by atoms with Crippen LogP contribution in [-0.4, -0.2) is 49.6 Å². The summed E-state index contributed by atoms with van der Waals surface area (Å²) in [4.78, 5) is 15.1. The fourth-order valence-corrected chi connectivity index (χ4v) is 5.23. The molecule has 2 heterocycles. The summed E-state index contributed by atoms with van der Waals surface area (Å²) in [7, 11) is 1.70. The van der Waals surface area contributed by atoms with Crippen molar-refractivity contribution in [1.82, 2.24) is 15.5 Å². The van der Waals surface area contributed by atoms with E-state index >= 15 is 0 Å². The maximum atomic E-state index is 12.6. The van der Waals surface area contributed by atoms with E-state index in [-0.39, 0.29) is 11.9 Å². The Morgan fingerprint density at radius 2 is 1.89 bits per heavy atom. The Kier molecular flexibility index (Phi) is 6.53. The summed E-state index contributed by atoms with van der Waals surface area (Å²) in [5.74, 6) is 2.48. The topological polar surface area (TPSA) is 53.6 Å². The summed E-state index contributed by atoms with van der Waals surface area (Å²) in [5, 5.41) is 6.84. The van der Waals surface area contributed by atoms with Gasteiger partial charge in [0.05, 0.1) is 13.2 Å². The van der Waals surface area contributed by atoms with Gasteiger partial charge in [-0.25, -0.2) is 0 Å². The lowest BCUT2D eigenvalue weighted by Gasteiger charge is -2.32. The molecular formula is C23H35N3O2. The van der Waals surface area contributed by atoms with Gasteiger partial charge in [0.2, 0.25) is 5.91 Å². The molecule has 5 nitrogen and oxygen atoms in total. The van der Waals surface area contributed by atoms with Crippen LogP contribution in [0.2, 0.25) is 0 Å². The first kappa shape index (κ1) is 19.7. The lowest BCUT2D eigenvalue weighted by molar-refractivity contribution is -0.123. The van der Waals surface area contributed by atoms with E-state index in [0.29, 0.717) is 12.0 Å². The summed E-state index contributed by atoms with van der Waals surface area (Å²) in [6.45, 7) is 4.05. The molecule has 28 heavy (non-hydrogen) atoms. The van der Waals surface area contributed by atoms with Gasteiger partial charge in [0.25, 0.3) is 0 Å². The summed E-state index contributed by atoms with van der Waals surface area (Å²) in [6, 6.07) is 9.00. The third kappa shape index (κ3) is 4.87. The Balaban J connectivity index is 1.16. The number of nitrogens with zero attached hydrogens (tertiary/aromatic N) is 1. The molecule has 5 heteroatoms. The number of methoxy groups -OCH3 is 1. The van der Waals surface area contributed by atoms with Gasteiger partial charge in [-0.2, -0.15) is 0 Å². The largest absolute Gasteiger partial charge is 0.497 e. The fraction of sp³-hybridized carbons (Fsp3) is 0.696. The second-order valence-corrected chi connectivity index (χ2v) is 8.92. The minimum atomic E-state index is 0.0447. The molecule has 154 valence electrons. The first-order valence-electron chi connectivity index (χ1n) is 11.1. The normalized spacial score (nSPS) is 28.7. The molecule has 3 atom stereocenters. The third-order valence-electron chi connectivity index (χ3n) is 7.02. The highest BCUT2D eigenvalue weighted by Gasteiger charge is 2.38. The summed E-state index contributed by atoms with van der Waals surface area (Å²) >= 11 is 0. The standard InChI is InChI=1S/C23H35N3O2/c1-28-20-8-6-18(7-9-20)16-26-12-10-17(11-13-26)15-24-23(27)22-14-19-4-2-3-5-21(19)25-22/h6-9,17,19,21-22,25H,2-5,10-16H2,1H3,(H,24,27). The summed E-state index contributed by atoms with van der Waals surface area (Å²) in [6.07, 6.45) is 8.58. The van der Waals surface area contributed by atoms with E-state index in [1.165, 1.54) is 44.1 Å². The number of rotatable bonds is 6. The maximum Gasteiger partial charge on any atom is 0.237 e. The van der Waals surface area contributed by atoms with E-state index in [0.717, 1.165) is 44.3 Å². The molecule has 4 rings (SSSR count). The Labute approximate surface area is 169 Å². The number of nitrogens with one attached hydrogen (secondary N) is 2. The number of hydrogen-bond acceptors (Lipinski definition) is 4. The number of carbonyl (C=O) groups is 1. The fourth-order valence-electron chi connectivity index (χ4n) is 5.23. The number of carbonyl (C=O) groups excluding carboxylic acids is 1. The Bertz CT molecular complexity index is 626. The number of ether oxygens (including phenoxy) is 1. The van der Waals surface area contributed by atoms with Gasteiger partial charge in [-0.15, -0.1) is 0 Å². The lowest BCUT2D eigenvalue weighted by atomic mass is 9.85. The molecule has 1 aliphatic carbocycles. The minimum Gasteiger partial charge on any atom is -0.497 e. The van der Waals surface area contributed by atoms with Crippen LogP contribution in [0.15, 0.2) is 24.3 Å². The van der Waals surface area contributed by atoms with E-state index < -0.39 is 0 Å². The van der Waals surface area contributed by atoms with E-state index in [1.54, 1.807) is 7.11 Å². The highest BCUT2D eigenvalue weighted by Crippen LogP contribution is 2.33. The van der Waals surface area contributed by atoms with Crippen LogP contribution in [0.1, 0.15) is 50.5 Å². The zero-order chi connectivity index (χ0) is 19.3. The number of hydrogen-bond donors (Lipinski definition) is 2. The average Bonchev–Trinajstić information content (AvgIpc) is 3.18. The van der Waals surface area contributed by atoms with Crippen molar-refractivity contribution in [1.29, 1.82) is 0 Å². The van der Waals surface area contributed by atoms with Crippen LogP contribution < -0.4 is 15.4 Å². The van der Waals surface area contributed by atoms with Crippen LogP contribution in [-0.2, 0) is 11.3 Å². The van der Waals surface area contributed by atoms with Gasteiger partial charge in [0.15, 0.2) is 0 Å². The molecule has 0 spiro atoms. The van der Waals surface area contributed by atoms with Crippen LogP contribution in [0.5, 0.6) is 5.75 Å². The van der Waals surface area contributed by atoms with Crippen molar-refractivity contribution in [3.05, 3.63) is 29.8 Å². The average molecular weight is 386 g/mol. The Morgan fingerprint density at radius 3 is 2.61 bits per heavy atom. The predicted octanol–water partition coefficient (Wildman–Crippen LogP) is 2.94. The molecular weight excluding hydrogens is 350 g/mol. The van der Waals surface area contributed by atoms with Crippen molar-refractivity contribution in [3.8, 4) is 5.75 Å². The first-order chi connectivity index (χ1) is 13.7. The van der Waals surface area contributed by atoms with Gasteiger partial charge in [-0.1, -0.05) is 25.0 Å². The lowest BCUT2D eigenvalue weighted by Crippen LogP contribution is -2.45. The summed E-state index contributed by atoms with van der Waals surface area (Å²) in [5.41, 5.74) is 1.33. The van der Waals surface area contributed by atoms with Crippen LogP contribution in [0.25, 0.3) is 0 Å². The van der Waals surface area contributed by atoms with Crippen molar-refractivity contribution < 1.29 is 9.53 Å². The molecule has 0 aromatic heterocycles. The van der Waals surface area contributed by atoms with Crippen LogP contribution >= 0.6 is 0 Å². The number of likely N-dealkylation sites (tertiary alicyclic amines) is 1. The summed E-state index contributed by atoms with van der Waals surface area (Å²) < 4.78 is 5.23. The monoisotopic (exact) mass is 385 g/mol. The predicted molar refractivity (Wildman–Crippen MR) is 111 cm³/mol. The van der Waals surface area contributed by atoms with Crippen molar-refractivity contribution in [2.75, 3.05) is 26.7 Å². The third-order valence-corrected chi connectivity index (χ3v) is 7.02. The zero-order valence-corrected chi connectivity index (χ0v) is 17.2. The van der Waals surface area contributed by atoms with Gasteiger partial charge < -0.3 is 15.4 Å². The highest BCUT2D eigenvalue weighted by molar-refractivity contribution is 5.82. The van der Waals surface area contributed by atoms with E-state index in [2.05, 4.69) is 27.7 Å². The highest BCUT2D eigenvalue weighted by atomic mass is 16.5. The van der Waals surface area contributed by atoms with Crippen molar-refractivity contribution in [2.24, 2.45) is 11.8 Å². The van der Waals surface area contributed by atoms with Crippen molar-refractivity contribution in [2.45, 2.75) is 63.6 Å². The van der Waals surface area contributed by atoms with Gasteiger partial charge in [-0.3, -0.25) is 9.69 Å².